The minimum absolute atomic E-state index is 0.0955. The van der Waals surface area contributed by atoms with Gasteiger partial charge in [-0.2, -0.15) is 9.78 Å². The molecule has 33 heavy (non-hydrogen) atoms. The van der Waals surface area contributed by atoms with E-state index in [9.17, 15) is 14.4 Å². The van der Waals surface area contributed by atoms with E-state index in [4.69, 9.17) is 4.74 Å². The molecule has 2 aromatic carbocycles. The summed E-state index contributed by atoms with van der Waals surface area (Å²) in [6.45, 7) is 3.25. The van der Waals surface area contributed by atoms with Gasteiger partial charge in [0.15, 0.2) is 11.6 Å². The van der Waals surface area contributed by atoms with Crippen LogP contribution in [0.5, 0.6) is 0 Å². The fourth-order valence-corrected chi connectivity index (χ4v) is 3.30. The molecule has 0 aliphatic carbocycles. The molecule has 2 aromatic heterocycles. The first-order valence-corrected chi connectivity index (χ1v) is 10.3. The molecule has 0 unspecified atom stereocenters. The van der Waals surface area contributed by atoms with Crippen molar-refractivity contribution in [3.63, 3.8) is 0 Å². The van der Waals surface area contributed by atoms with Crippen LogP contribution in [-0.4, -0.2) is 39.2 Å². The van der Waals surface area contributed by atoms with E-state index in [2.05, 4.69) is 20.7 Å². The third kappa shape index (κ3) is 4.72. The Kier molecular flexibility index (Phi) is 6.12. The second kappa shape index (κ2) is 9.31. The summed E-state index contributed by atoms with van der Waals surface area (Å²) in [6, 6.07) is 17.7. The number of para-hydroxylation sites is 1. The van der Waals surface area contributed by atoms with Crippen LogP contribution in [0, 0.1) is 0 Å². The van der Waals surface area contributed by atoms with E-state index in [1.165, 1.54) is 23.9 Å². The molecule has 0 spiro atoms. The number of hydrogen-bond acceptors (Lipinski definition) is 6. The Hall–Kier alpha value is -4.53. The highest BCUT2D eigenvalue weighted by molar-refractivity contribution is 6.08. The predicted octanol–water partition coefficient (Wildman–Crippen LogP) is 3.81. The van der Waals surface area contributed by atoms with Crippen LogP contribution in [0.3, 0.4) is 0 Å². The highest BCUT2D eigenvalue weighted by Crippen LogP contribution is 2.23. The number of fused-ring (bicyclic) bond motifs is 1. The number of esters is 1. The molecule has 9 heteroatoms. The van der Waals surface area contributed by atoms with Crippen molar-refractivity contribution in [3.05, 3.63) is 78.0 Å². The number of nitrogens with zero attached hydrogens (tertiary/aromatic N) is 3. The van der Waals surface area contributed by atoms with Gasteiger partial charge in [0.2, 0.25) is 5.91 Å². The lowest BCUT2D eigenvalue weighted by Gasteiger charge is -2.12. The number of carbonyl (C=O) groups is 3. The molecule has 0 radical (unpaired) electrons. The molecule has 2 N–H and O–H groups in total. The molecular weight excluding hydrogens is 422 g/mol. The zero-order valence-electron chi connectivity index (χ0n) is 18.0. The van der Waals surface area contributed by atoms with Crippen LogP contribution in [-0.2, 0) is 9.53 Å². The Morgan fingerprint density at radius 1 is 1.00 bits per heavy atom. The molecule has 0 atom stereocenters. The number of nitrogens with one attached hydrogen (secondary N) is 2. The summed E-state index contributed by atoms with van der Waals surface area (Å²) < 4.78 is 6.51. The Labute approximate surface area is 189 Å². The summed E-state index contributed by atoms with van der Waals surface area (Å²) >= 11 is 0. The molecule has 0 saturated carbocycles. The Morgan fingerprint density at radius 3 is 2.61 bits per heavy atom. The summed E-state index contributed by atoms with van der Waals surface area (Å²) in [7, 11) is 0. The smallest absolute Gasteiger partial charge is 0.343 e. The number of ether oxygens (including phenoxy) is 1. The highest BCUT2D eigenvalue weighted by atomic mass is 16.5. The van der Waals surface area contributed by atoms with Gasteiger partial charge < -0.3 is 15.4 Å². The highest BCUT2D eigenvalue weighted by Gasteiger charge is 2.23. The lowest BCUT2D eigenvalue weighted by Crippen LogP contribution is -2.18. The van der Waals surface area contributed by atoms with Crippen LogP contribution >= 0.6 is 0 Å². The lowest BCUT2D eigenvalue weighted by molar-refractivity contribution is -0.114. The van der Waals surface area contributed by atoms with E-state index in [1.807, 2.05) is 30.3 Å². The van der Waals surface area contributed by atoms with Crippen molar-refractivity contribution in [1.29, 1.82) is 0 Å². The molecule has 0 saturated heterocycles. The van der Waals surface area contributed by atoms with Gasteiger partial charge in [0, 0.05) is 23.6 Å². The first kappa shape index (κ1) is 21.7. The minimum atomic E-state index is -0.619. The quantitative estimate of drug-likeness (QED) is 0.438. The van der Waals surface area contributed by atoms with Crippen molar-refractivity contribution in [2.24, 2.45) is 0 Å². The van der Waals surface area contributed by atoms with Gasteiger partial charge in [0.25, 0.3) is 5.91 Å². The van der Waals surface area contributed by atoms with Crippen LogP contribution in [0.25, 0.3) is 16.7 Å². The zero-order valence-corrected chi connectivity index (χ0v) is 18.0. The predicted molar refractivity (Wildman–Crippen MR) is 124 cm³/mol. The van der Waals surface area contributed by atoms with E-state index in [1.54, 1.807) is 31.2 Å². The average Bonchev–Trinajstić information content (AvgIpc) is 3.22. The second-order valence-electron chi connectivity index (χ2n) is 7.12. The molecule has 2 amide bonds. The first-order chi connectivity index (χ1) is 16.0. The van der Waals surface area contributed by atoms with Crippen LogP contribution in [0.15, 0.2) is 66.9 Å². The van der Waals surface area contributed by atoms with Crippen molar-refractivity contribution in [3.8, 4) is 5.82 Å². The molecule has 9 nitrogen and oxygen atoms in total. The van der Waals surface area contributed by atoms with E-state index in [-0.39, 0.29) is 29.5 Å². The third-order valence-electron chi connectivity index (χ3n) is 4.74. The molecule has 166 valence electrons. The van der Waals surface area contributed by atoms with Crippen LogP contribution < -0.4 is 10.6 Å². The van der Waals surface area contributed by atoms with E-state index < -0.39 is 11.9 Å². The summed E-state index contributed by atoms with van der Waals surface area (Å²) in [5.74, 6) is -0.808. The summed E-state index contributed by atoms with van der Waals surface area (Å²) in [5, 5.41) is 10.6. The summed E-state index contributed by atoms with van der Waals surface area (Å²) in [5.41, 5.74) is 1.60. The average molecular weight is 443 g/mol. The Bertz CT molecular complexity index is 1360. The van der Waals surface area contributed by atoms with Gasteiger partial charge in [-0.3, -0.25) is 9.59 Å². The number of anilines is 2. The van der Waals surface area contributed by atoms with E-state index >= 15 is 0 Å². The van der Waals surface area contributed by atoms with Gasteiger partial charge in [-0.15, -0.1) is 0 Å². The summed E-state index contributed by atoms with van der Waals surface area (Å²) in [6.07, 6.45) is 1.33. The number of rotatable bonds is 6. The molecule has 0 bridgehead atoms. The van der Waals surface area contributed by atoms with Gasteiger partial charge in [-0.1, -0.05) is 24.3 Å². The van der Waals surface area contributed by atoms with Crippen molar-refractivity contribution in [1.82, 2.24) is 14.8 Å². The number of carbonyl (C=O) groups excluding carboxylic acids is 3. The molecule has 2 heterocycles. The minimum Gasteiger partial charge on any atom is -0.462 e. The number of amides is 2. The van der Waals surface area contributed by atoms with Crippen molar-refractivity contribution < 1.29 is 19.1 Å². The SMILES string of the molecule is CCOC(=O)c1cnn(-c2ccc3ccccc3n2)c1NC(=O)c1cccc(NC(C)=O)c1. The van der Waals surface area contributed by atoms with Crippen molar-refractivity contribution in [2.75, 3.05) is 17.2 Å². The van der Waals surface area contributed by atoms with Gasteiger partial charge >= 0.3 is 5.97 Å². The Balaban J connectivity index is 1.74. The van der Waals surface area contributed by atoms with Gasteiger partial charge in [0.05, 0.1) is 18.3 Å². The Morgan fingerprint density at radius 2 is 1.82 bits per heavy atom. The van der Waals surface area contributed by atoms with E-state index in [0.717, 1.165) is 10.9 Å². The lowest BCUT2D eigenvalue weighted by atomic mass is 10.2. The second-order valence-corrected chi connectivity index (χ2v) is 7.12. The maximum absolute atomic E-state index is 13.0. The van der Waals surface area contributed by atoms with Gasteiger partial charge in [-0.25, -0.2) is 9.78 Å². The fraction of sp³-hybridized carbons (Fsp3) is 0.125. The maximum atomic E-state index is 13.0. The summed E-state index contributed by atoms with van der Waals surface area (Å²) in [4.78, 5) is 41.5. The van der Waals surface area contributed by atoms with Crippen molar-refractivity contribution >= 4 is 40.2 Å². The van der Waals surface area contributed by atoms with Crippen LogP contribution in [0.2, 0.25) is 0 Å². The molecule has 0 aliphatic heterocycles. The normalized spacial score (nSPS) is 10.6. The van der Waals surface area contributed by atoms with Crippen LogP contribution in [0.4, 0.5) is 11.5 Å². The van der Waals surface area contributed by atoms with Crippen molar-refractivity contribution in [2.45, 2.75) is 13.8 Å². The maximum Gasteiger partial charge on any atom is 0.343 e. The van der Waals surface area contributed by atoms with Crippen LogP contribution in [0.1, 0.15) is 34.6 Å². The third-order valence-corrected chi connectivity index (χ3v) is 4.74. The van der Waals surface area contributed by atoms with E-state index in [0.29, 0.717) is 11.5 Å². The molecule has 4 aromatic rings. The molecule has 4 rings (SSSR count). The zero-order chi connectivity index (χ0) is 23.4. The molecule has 0 aliphatic rings. The number of pyridine rings is 1. The number of hydrogen-bond donors (Lipinski definition) is 2. The van der Waals surface area contributed by atoms with Gasteiger partial charge in [-0.05, 0) is 43.3 Å². The van der Waals surface area contributed by atoms with Gasteiger partial charge in [0.1, 0.15) is 5.56 Å². The fourth-order valence-electron chi connectivity index (χ4n) is 3.30. The largest absolute Gasteiger partial charge is 0.462 e. The number of benzene rings is 2. The topological polar surface area (TPSA) is 115 Å². The number of aromatic nitrogens is 3. The monoisotopic (exact) mass is 443 g/mol. The molecule has 0 fully saturated rings. The first-order valence-electron chi connectivity index (χ1n) is 10.3. The standard InChI is InChI=1S/C24H21N5O4/c1-3-33-24(32)19-14-25-29(21-12-11-16-7-4-5-10-20(16)27-21)22(19)28-23(31)17-8-6-9-18(13-17)26-15(2)30/h4-14H,3H2,1-2H3,(H,26,30)(H,28,31). The molecular formula is C24H21N5O4.